The third kappa shape index (κ3) is 5.52. The maximum Gasteiger partial charge on any atom is 0.0431 e. The molecule has 0 aliphatic carbocycles. The van der Waals surface area contributed by atoms with Gasteiger partial charge in [-0.1, -0.05) is 26.0 Å². The van der Waals surface area contributed by atoms with Gasteiger partial charge in [0.15, 0.2) is 0 Å². The molecule has 0 spiro atoms. The number of anilines is 1. The second-order valence-corrected chi connectivity index (χ2v) is 4.52. The Kier molecular flexibility index (Phi) is 7.46. The van der Waals surface area contributed by atoms with Gasteiger partial charge in [-0.15, -0.1) is 0 Å². The van der Waals surface area contributed by atoms with E-state index < -0.39 is 0 Å². The molecule has 1 aromatic carbocycles. The molecule has 102 valence electrons. The quantitative estimate of drug-likeness (QED) is 0.662. The van der Waals surface area contributed by atoms with Crippen molar-refractivity contribution in [1.29, 1.82) is 0 Å². The maximum atomic E-state index is 8.70. The van der Waals surface area contributed by atoms with Crippen LogP contribution in [-0.2, 0) is 6.54 Å². The molecule has 18 heavy (non-hydrogen) atoms. The number of rotatable bonds is 9. The van der Waals surface area contributed by atoms with E-state index >= 15 is 0 Å². The fourth-order valence-electron chi connectivity index (χ4n) is 1.90. The molecule has 0 fully saturated rings. The number of benzene rings is 1. The minimum absolute atomic E-state index is 0.282. The fraction of sp³-hybridized carbons (Fsp3) is 0.600. The van der Waals surface area contributed by atoms with E-state index in [1.807, 2.05) is 0 Å². The first-order valence-corrected chi connectivity index (χ1v) is 6.96. The highest BCUT2D eigenvalue weighted by molar-refractivity contribution is 5.44. The van der Waals surface area contributed by atoms with Crippen molar-refractivity contribution in [3.8, 4) is 0 Å². The summed E-state index contributed by atoms with van der Waals surface area (Å²) in [7, 11) is 0. The van der Waals surface area contributed by atoms with Gasteiger partial charge in [0, 0.05) is 25.4 Å². The summed E-state index contributed by atoms with van der Waals surface area (Å²) < 4.78 is 0. The van der Waals surface area contributed by atoms with Crippen molar-refractivity contribution in [1.82, 2.24) is 4.90 Å². The molecule has 1 rings (SSSR count). The van der Waals surface area contributed by atoms with E-state index in [1.54, 1.807) is 0 Å². The monoisotopic (exact) mass is 250 g/mol. The Morgan fingerprint density at radius 1 is 1.06 bits per heavy atom. The third-order valence-electron chi connectivity index (χ3n) is 3.17. The van der Waals surface area contributed by atoms with Crippen LogP contribution in [0.5, 0.6) is 0 Å². The molecule has 0 saturated heterocycles. The minimum Gasteiger partial charge on any atom is -0.396 e. The lowest BCUT2D eigenvalue weighted by atomic mass is 10.2. The summed E-state index contributed by atoms with van der Waals surface area (Å²) in [6.45, 7) is 8.81. The van der Waals surface area contributed by atoms with Crippen LogP contribution in [0.3, 0.4) is 0 Å². The Morgan fingerprint density at radius 2 is 1.72 bits per heavy atom. The summed E-state index contributed by atoms with van der Waals surface area (Å²) in [6, 6.07) is 8.65. The highest BCUT2D eigenvalue weighted by Crippen LogP contribution is 2.11. The van der Waals surface area contributed by atoms with E-state index in [2.05, 4.69) is 48.3 Å². The van der Waals surface area contributed by atoms with Gasteiger partial charge in [-0.05, 0) is 43.6 Å². The molecule has 0 saturated carbocycles. The lowest BCUT2D eigenvalue weighted by Crippen LogP contribution is -2.22. The van der Waals surface area contributed by atoms with E-state index in [9.17, 15) is 0 Å². The zero-order chi connectivity index (χ0) is 13.2. The summed E-state index contributed by atoms with van der Waals surface area (Å²) in [5.41, 5.74) is 2.52. The molecule has 1 aromatic rings. The Balaban J connectivity index is 2.37. The Labute approximate surface area is 111 Å². The number of aliphatic hydroxyl groups is 1. The first kappa shape index (κ1) is 15.0. The summed E-state index contributed by atoms with van der Waals surface area (Å²) in [6.07, 6.45) is 1.88. The second kappa shape index (κ2) is 8.95. The lowest BCUT2D eigenvalue weighted by Gasteiger charge is -2.18. The first-order valence-electron chi connectivity index (χ1n) is 6.96. The molecule has 2 N–H and O–H groups in total. The van der Waals surface area contributed by atoms with Crippen LogP contribution in [0.4, 0.5) is 5.69 Å². The molecular formula is C15H26N2O. The van der Waals surface area contributed by atoms with E-state index in [0.717, 1.165) is 44.7 Å². The van der Waals surface area contributed by atoms with Crippen molar-refractivity contribution in [3.05, 3.63) is 29.8 Å². The molecule has 0 amide bonds. The lowest BCUT2D eigenvalue weighted by molar-refractivity contribution is 0.286. The minimum atomic E-state index is 0.282. The number of unbranched alkanes of at least 4 members (excludes halogenated alkanes) is 1. The number of nitrogens with one attached hydrogen (secondary N) is 1. The van der Waals surface area contributed by atoms with Crippen LogP contribution in [-0.4, -0.2) is 36.2 Å². The van der Waals surface area contributed by atoms with Gasteiger partial charge in [-0.2, -0.15) is 0 Å². The van der Waals surface area contributed by atoms with Crippen LogP contribution in [0.1, 0.15) is 32.3 Å². The van der Waals surface area contributed by atoms with Crippen LogP contribution < -0.4 is 5.32 Å². The van der Waals surface area contributed by atoms with Crippen molar-refractivity contribution in [2.24, 2.45) is 0 Å². The molecule has 0 heterocycles. The molecule has 3 nitrogen and oxygen atoms in total. The zero-order valence-electron chi connectivity index (χ0n) is 11.7. The van der Waals surface area contributed by atoms with E-state index in [-0.39, 0.29) is 6.61 Å². The molecule has 0 atom stereocenters. The van der Waals surface area contributed by atoms with Crippen LogP contribution in [0.2, 0.25) is 0 Å². The van der Waals surface area contributed by atoms with Gasteiger partial charge in [-0.25, -0.2) is 0 Å². The van der Waals surface area contributed by atoms with Crippen molar-refractivity contribution >= 4 is 5.69 Å². The van der Waals surface area contributed by atoms with Gasteiger partial charge in [-0.3, -0.25) is 4.90 Å². The van der Waals surface area contributed by atoms with E-state index in [1.165, 1.54) is 5.56 Å². The average Bonchev–Trinajstić information content (AvgIpc) is 2.42. The molecule has 0 radical (unpaired) electrons. The fourth-order valence-corrected chi connectivity index (χ4v) is 1.90. The highest BCUT2D eigenvalue weighted by atomic mass is 16.2. The molecule has 0 unspecified atom stereocenters. The Morgan fingerprint density at radius 3 is 2.28 bits per heavy atom. The molecule has 0 aliphatic heterocycles. The Bertz CT molecular complexity index is 307. The van der Waals surface area contributed by atoms with Crippen molar-refractivity contribution in [2.75, 3.05) is 31.6 Å². The van der Waals surface area contributed by atoms with Crippen molar-refractivity contribution in [3.63, 3.8) is 0 Å². The predicted molar refractivity (Wildman–Crippen MR) is 77.9 cm³/mol. The van der Waals surface area contributed by atoms with Crippen LogP contribution >= 0.6 is 0 Å². The van der Waals surface area contributed by atoms with Crippen LogP contribution in [0, 0.1) is 0 Å². The van der Waals surface area contributed by atoms with E-state index in [4.69, 9.17) is 5.11 Å². The molecule has 0 aromatic heterocycles. The third-order valence-corrected chi connectivity index (χ3v) is 3.17. The molecule has 3 heteroatoms. The maximum absolute atomic E-state index is 8.70. The van der Waals surface area contributed by atoms with Crippen molar-refractivity contribution < 1.29 is 5.11 Å². The van der Waals surface area contributed by atoms with Crippen molar-refractivity contribution in [2.45, 2.75) is 33.2 Å². The van der Waals surface area contributed by atoms with Crippen LogP contribution in [0.15, 0.2) is 24.3 Å². The van der Waals surface area contributed by atoms with Gasteiger partial charge < -0.3 is 10.4 Å². The number of hydrogen-bond donors (Lipinski definition) is 2. The number of nitrogens with zero attached hydrogens (tertiary/aromatic N) is 1. The topological polar surface area (TPSA) is 35.5 Å². The smallest absolute Gasteiger partial charge is 0.0431 e. The standard InChI is InChI=1S/C15H26N2O/c1-3-17(4-2)13-14-7-9-15(10-8-14)16-11-5-6-12-18/h7-10,16,18H,3-6,11-13H2,1-2H3. The van der Waals surface area contributed by atoms with Gasteiger partial charge >= 0.3 is 0 Å². The van der Waals surface area contributed by atoms with Gasteiger partial charge in [0.1, 0.15) is 0 Å². The average molecular weight is 250 g/mol. The van der Waals surface area contributed by atoms with Gasteiger partial charge in [0.25, 0.3) is 0 Å². The number of aliphatic hydroxyl groups excluding tert-OH is 1. The summed E-state index contributed by atoms with van der Waals surface area (Å²) in [5, 5.41) is 12.1. The van der Waals surface area contributed by atoms with E-state index in [0.29, 0.717) is 0 Å². The van der Waals surface area contributed by atoms with Gasteiger partial charge in [0.05, 0.1) is 0 Å². The molecule has 0 aliphatic rings. The highest BCUT2D eigenvalue weighted by Gasteiger charge is 2.00. The predicted octanol–water partition coefficient (Wildman–Crippen LogP) is 2.71. The molecule has 0 bridgehead atoms. The van der Waals surface area contributed by atoms with Gasteiger partial charge in [0.2, 0.25) is 0 Å². The molecular weight excluding hydrogens is 224 g/mol. The summed E-state index contributed by atoms with van der Waals surface area (Å²) >= 11 is 0. The SMILES string of the molecule is CCN(CC)Cc1ccc(NCCCCO)cc1. The first-order chi connectivity index (χ1) is 8.80. The second-order valence-electron chi connectivity index (χ2n) is 4.52. The Hall–Kier alpha value is -1.06. The normalized spacial score (nSPS) is 10.9. The zero-order valence-corrected chi connectivity index (χ0v) is 11.7. The van der Waals surface area contributed by atoms with Crippen LogP contribution in [0.25, 0.3) is 0 Å². The summed E-state index contributed by atoms with van der Waals surface area (Å²) in [5.74, 6) is 0. The largest absolute Gasteiger partial charge is 0.396 e. The summed E-state index contributed by atoms with van der Waals surface area (Å²) in [4.78, 5) is 2.41. The number of hydrogen-bond acceptors (Lipinski definition) is 3.